The predicted molar refractivity (Wildman–Crippen MR) is 80.1 cm³/mol. The number of hydrogen-bond acceptors (Lipinski definition) is 3. The Hall–Kier alpha value is -2.32. The molecular formula is C15H11BrN2O2. The standard InChI is InChI=1S/C15H11BrN2O2/c16-9-15(19)18-12-3-7-14(8-4-12)20-13-5-1-11(10-17)2-6-13/h1-8H,9H2,(H,18,19). The Morgan fingerprint density at radius 3 is 2.15 bits per heavy atom. The molecule has 0 atom stereocenters. The highest BCUT2D eigenvalue weighted by Crippen LogP contribution is 2.23. The monoisotopic (exact) mass is 330 g/mol. The minimum atomic E-state index is -0.106. The molecule has 0 aliphatic heterocycles. The molecule has 0 aromatic heterocycles. The average molecular weight is 331 g/mol. The smallest absolute Gasteiger partial charge is 0.235 e. The Kier molecular flexibility index (Phi) is 4.75. The van der Waals surface area contributed by atoms with Crippen molar-refractivity contribution in [2.45, 2.75) is 0 Å². The molecule has 0 bridgehead atoms. The van der Waals surface area contributed by atoms with Crippen molar-refractivity contribution >= 4 is 27.5 Å². The first-order valence-electron chi connectivity index (χ1n) is 5.85. The summed E-state index contributed by atoms with van der Waals surface area (Å²) in [5, 5.41) is 11.7. The lowest BCUT2D eigenvalue weighted by atomic mass is 10.2. The van der Waals surface area contributed by atoms with Gasteiger partial charge in [-0.2, -0.15) is 5.26 Å². The molecule has 100 valence electrons. The maximum atomic E-state index is 11.2. The molecule has 0 spiro atoms. The Labute approximate surface area is 125 Å². The molecule has 2 rings (SSSR count). The summed E-state index contributed by atoms with van der Waals surface area (Å²) in [7, 11) is 0. The van der Waals surface area contributed by atoms with Crippen LogP contribution in [0.4, 0.5) is 5.69 Å². The summed E-state index contributed by atoms with van der Waals surface area (Å²) >= 11 is 3.08. The molecule has 4 nitrogen and oxygen atoms in total. The van der Waals surface area contributed by atoms with E-state index in [0.29, 0.717) is 22.7 Å². The number of hydrogen-bond donors (Lipinski definition) is 1. The van der Waals surface area contributed by atoms with Gasteiger partial charge in [-0.15, -0.1) is 0 Å². The largest absolute Gasteiger partial charge is 0.457 e. The van der Waals surface area contributed by atoms with Crippen LogP contribution >= 0.6 is 15.9 Å². The predicted octanol–water partition coefficient (Wildman–Crippen LogP) is 3.68. The summed E-state index contributed by atoms with van der Waals surface area (Å²) in [6.07, 6.45) is 0. The fraction of sp³-hybridized carbons (Fsp3) is 0.0667. The first kappa shape index (κ1) is 14.1. The summed E-state index contributed by atoms with van der Waals surface area (Å²) in [5.41, 5.74) is 1.30. The van der Waals surface area contributed by atoms with Crippen molar-refractivity contribution in [3.05, 3.63) is 54.1 Å². The maximum absolute atomic E-state index is 11.2. The van der Waals surface area contributed by atoms with E-state index in [-0.39, 0.29) is 11.2 Å². The van der Waals surface area contributed by atoms with E-state index >= 15 is 0 Å². The molecule has 0 saturated carbocycles. The van der Waals surface area contributed by atoms with Crippen LogP contribution in [0.15, 0.2) is 48.5 Å². The van der Waals surface area contributed by atoms with Gasteiger partial charge in [-0.05, 0) is 48.5 Å². The Morgan fingerprint density at radius 1 is 1.10 bits per heavy atom. The second kappa shape index (κ2) is 6.73. The third kappa shape index (κ3) is 3.84. The normalized spacial score (nSPS) is 9.60. The fourth-order valence-corrected chi connectivity index (χ4v) is 1.67. The van der Waals surface area contributed by atoms with Crippen molar-refractivity contribution in [3.63, 3.8) is 0 Å². The molecule has 0 aliphatic carbocycles. The lowest BCUT2D eigenvalue weighted by Gasteiger charge is -2.07. The van der Waals surface area contributed by atoms with Crippen LogP contribution in [0.5, 0.6) is 11.5 Å². The van der Waals surface area contributed by atoms with Crippen LogP contribution in [0.1, 0.15) is 5.56 Å². The van der Waals surface area contributed by atoms with E-state index in [1.54, 1.807) is 48.5 Å². The molecule has 2 aromatic carbocycles. The van der Waals surface area contributed by atoms with E-state index in [1.807, 2.05) is 6.07 Å². The van der Waals surface area contributed by atoms with Crippen molar-refractivity contribution in [2.75, 3.05) is 10.6 Å². The van der Waals surface area contributed by atoms with Crippen molar-refractivity contribution in [2.24, 2.45) is 0 Å². The van der Waals surface area contributed by atoms with E-state index in [0.717, 1.165) is 0 Å². The van der Waals surface area contributed by atoms with Crippen LogP contribution in [0.25, 0.3) is 0 Å². The van der Waals surface area contributed by atoms with Crippen molar-refractivity contribution < 1.29 is 9.53 Å². The van der Waals surface area contributed by atoms with Crippen molar-refractivity contribution in [3.8, 4) is 17.6 Å². The van der Waals surface area contributed by atoms with Gasteiger partial charge in [0, 0.05) is 5.69 Å². The molecule has 5 heteroatoms. The quantitative estimate of drug-likeness (QED) is 0.869. The van der Waals surface area contributed by atoms with E-state index in [1.165, 1.54) is 0 Å². The van der Waals surface area contributed by atoms with Gasteiger partial charge in [-0.1, -0.05) is 15.9 Å². The maximum Gasteiger partial charge on any atom is 0.235 e. The summed E-state index contributed by atoms with van der Waals surface area (Å²) in [6, 6.07) is 16.0. The molecule has 0 aliphatic rings. The Bertz CT molecular complexity index is 630. The van der Waals surface area contributed by atoms with Gasteiger partial charge in [0.25, 0.3) is 0 Å². The average Bonchev–Trinajstić information content (AvgIpc) is 2.50. The van der Waals surface area contributed by atoms with E-state index in [9.17, 15) is 4.79 Å². The third-order valence-electron chi connectivity index (χ3n) is 2.48. The second-order valence-electron chi connectivity index (χ2n) is 3.94. The summed E-state index contributed by atoms with van der Waals surface area (Å²) < 4.78 is 5.63. The molecule has 20 heavy (non-hydrogen) atoms. The molecule has 0 heterocycles. The third-order valence-corrected chi connectivity index (χ3v) is 2.99. The van der Waals surface area contributed by atoms with Gasteiger partial charge in [0.15, 0.2) is 0 Å². The molecule has 0 saturated heterocycles. The van der Waals surface area contributed by atoms with Crippen LogP contribution < -0.4 is 10.1 Å². The zero-order chi connectivity index (χ0) is 14.4. The number of alkyl halides is 1. The van der Waals surface area contributed by atoms with Crippen LogP contribution in [-0.2, 0) is 4.79 Å². The van der Waals surface area contributed by atoms with Crippen molar-refractivity contribution in [1.82, 2.24) is 0 Å². The number of benzene rings is 2. The fourth-order valence-electron chi connectivity index (χ4n) is 1.53. The zero-order valence-electron chi connectivity index (χ0n) is 10.5. The van der Waals surface area contributed by atoms with Gasteiger partial charge in [0.1, 0.15) is 11.5 Å². The number of ether oxygens (including phenoxy) is 1. The number of nitrogens with one attached hydrogen (secondary N) is 1. The van der Waals surface area contributed by atoms with E-state index < -0.39 is 0 Å². The first-order valence-corrected chi connectivity index (χ1v) is 6.97. The number of carbonyl (C=O) groups excluding carboxylic acids is 1. The highest BCUT2D eigenvalue weighted by Gasteiger charge is 2.01. The van der Waals surface area contributed by atoms with E-state index in [2.05, 4.69) is 21.2 Å². The second-order valence-corrected chi connectivity index (χ2v) is 4.51. The van der Waals surface area contributed by atoms with Crippen molar-refractivity contribution in [1.29, 1.82) is 5.26 Å². The first-order chi connectivity index (χ1) is 9.71. The minimum absolute atomic E-state index is 0.106. The Morgan fingerprint density at radius 2 is 1.65 bits per heavy atom. The molecule has 0 fully saturated rings. The van der Waals surface area contributed by atoms with Crippen LogP contribution in [0.2, 0.25) is 0 Å². The number of nitrogens with zero attached hydrogens (tertiary/aromatic N) is 1. The number of amides is 1. The molecule has 1 N–H and O–H groups in total. The van der Waals surface area contributed by atoms with Gasteiger partial charge >= 0.3 is 0 Å². The lowest BCUT2D eigenvalue weighted by Crippen LogP contribution is -2.11. The van der Waals surface area contributed by atoms with Gasteiger partial charge in [-0.25, -0.2) is 0 Å². The topological polar surface area (TPSA) is 62.1 Å². The zero-order valence-corrected chi connectivity index (χ0v) is 12.1. The van der Waals surface area contributed by atoms with Gasteiger partial charge in [0.2, 0.25) is 5.91 Å². The molecular weight excluding hydrogens is 320 g/mol. The number of nitriles is 1. The van der Waals surface area contributed by atoms with Crippen LogP contribution in [-0.4, -0.2) is 11.2 Å². The highest BCUT2D eigenvalue weighted by atomic mass is 79.9. The van der Waals surface area contributed by atoms with Crippen LogP contribution in [0, 0.1) is 11.3 Å². The number of anilines is 1. The molecule has 0 radical (unpaired) electrons. The van der Waals surface area contributed by atoms with Gasteiger partial charge < -0.3 is 10.1 Å². The lowest BCUT2D eigenvalue weighted by molar-refractivity contribution is -0.113. The number of halogens is 1. The highest BCUT2D eigenvalue weighted by molar-refractivity contribution is 9.09. The summed E-state index contributed by atoms with van der Waals surface area (Å²) in [5.74, 6) is 1.21. The minimum Gasteiger partial charge on any atom is -0.457 e. The number of rotatable bonds is 4. The van der Waals surface area contributed by atoms with Crippen LogP contribution in [0.3, 0.4) is 0 Å². The molecule has 1 amide bonds. The summed E-state index contributed by atoms with van der Waals surface area (Å²) in [4.78, 5) is 11.2. The van der Waals surface area contributed by atoms with Gasteiger partial charge in [-0.3, -0.25) is 4.79 Å². The summed E-state index contributed by atoms with van der Waals surface area (Å²) in [6.45, 7) is 0. The Balaban J connectivity index is 2.03. The number of carbonyl (C=O) groups is 1. The molecule has 0 unspecified atom stereocenters. The SMILES string of the molecule is N#Cc1ccc(Oc2ccc(NC(=O)CBr)cc2)cc1. The molecule has 2 aromatic rings. The van der Waals surface area contributed by atoms with E-state index in [4.69, 9.17) is 10.00 Å². The van der Waals surface area contributed by atoms with Gasteiger partial charge in [0.05, 0.1) is 17.0 Å².